The molecule has 0 unspecified atom stereocenters. The number of anilines is 1. The minimum Gasteiger partial charge on any atom is -0.366 e. The van der Waals surface area contributed by atoms with Crippen molar-refractivity contribution in [2.45, 2.75) is 25.7 Å². The third-order valence-electron chi connectivity index (χ3n) is 5.79. The number of nitrogens with zero attached hydrogens (tertiary/aromatic N) is 2. The van der Waals surface area contributed by atoms with E-state index >= 15 is 0 Å². The molecule has 2 heterocycles. The lowest BCUT2D eigenvalue weighted by atomic mass is 9.60. The van der Waals surface area contributed by atoms with Gasteiger partial charge in [0.15, 0.2) is 0 Å². The summed E-state index contributed by atoms with van der Waals surface area (Å²) in [4.78, 5) is 18.1. The molecule has 2 N–H and O–H groups in total. The van der Waals surface area contributed by atoms with E-state index in [1.165, 1.54) is 25.7 Å². The highest BCUT2D eigenvalue weighted by atomic mass is 16.1. The first-order valence-corrected chi connectivity index (χ1v) is 7.73. The number of fused-ring (bicyclic) bond motifs is 2. The minimum absolute atomic E-state index is 0.370. The van der Waals surface area contributed by atoms with E-state index in [9.17, 15) is 4.79 Å². The Balaban J connectivity index is 1.59. The van der Waals surface area contributed by atoms with E-state index < -0.39 is 0 Å². The van der Waals surface area contributed by atoms with Gasteiger partial charge in [0.05, 0.1) is 0 Å². The van der Waals surface area contributed by atoms with Gasteiger partial charge >= 0.3 is 0 Å². The summed E-state index contributed by atoms with van der Waals surface area (Å²) in [7, 11) is 0. The molecule has 4 nitrogen and oxygen atoms in total. The van der Waals surface area contributed by atoms with Crippen molar-refractivity contribution in [3.8, 4) is 0 Å². The normalized spacial score (nSPS) is 35.1. The molecule has 3 saturated carbocycles. The van der Waals surface area contributed by atoms with Gasteiger partial charge in [-0.2, -0.15) is 0 Å². The number of pyridine rings is 1. The van der Waals surface area contributed by atoms with Gasteiger partial charge in [-0.3, -0.25) is 4.79 Å². The summed E-state index contributed by atoms with van der Waals surface area (Å²) in [6, 6.07) is 3.54. The van der Waals surface area contributed by atoms with Gasteiger partial charge in [-0.25, -0.2) is 4.98 Å². The van der Waals surface area contributed by atoms with Crippen molar-refractivity contribution in [1.82, 2.24) is 4.98 Å². The molecule has 106 valence electrons. The van der Waals surface area contributed by atoms with Crippen LogP contribution in [-0.2, 0) is 0 Å². The Morgan fingerprint density at radius 1 is 1.15 bits per heavy atom. The smallest absolute Gasteiger partial charge is 0.248 e. The predicted octanol–water partition coefficient (Wildman–Crippen LogP) is 2.05. The molecule has 4 aliphatic rings. The van der Waals surface area contributed by atoms with Crippen LogP contribution in [-0.4, -0.2) is 24.0 Å². The van der Waals surface area contributed by atoms with Gasteiger partial charge in [0.2, 0.25) is 5.91 Å². The molecule has 4 heteroatoms. The molecular formula is C16H21N3O. The highest BCUT2D eigenvalue weighted by molar-refractivity contribution is 5.93. The first-order chi connectivity index (χ1) is 9.72. The van der Waals surface area contributed by atoms with E-state index in [2.05, 4.69) is 9.88 Å². The van der Waals surface area contributed by atoms with Crippen molar-refractivity contribution < 1.29 is 4.79 Å². The number of aromatic nitrogens is 1. The number of hydrogen-bond donors (Lipinski definition) is 1. The fourth-order valence-corrected chi connectivity index (χ4v) is 4.78. The molecule has 1 aliphatic heterocycles. The third kappa shape index (κ3) is 1.81. The first-order valence-electron chi connectivity index (χ1n) is 7.73. The van der Waals surface area contributed by atoms with E-state index in [1.807, 2.05) is 6.07 Å². The molecule has 3 aliphatic carbocycles. The van der Waals surface area contributed by atoms with Crippen molar-refractivity contribution in [1.29, 1.82) is 0 Å². The van der Waals surface area contributed by atoms with Crippen LogP contribution in [0.1, 0.15) is 36.0 Å². The molecule has 0 spiro atoms. The van der Waals surface area contributed by atoms with Crippen LogP contribution in [0.15, 0.2) is 18.3 Å². The quantitative estimate of drug-likeness (QED) is 0.895. The molecule has 1 amide bonds. The topological polar surface area (TPSA) is 59.2 Å². The number of amides is 1. The van der Waals surface area contributed by atoms with Crippen molar-refractivity contribution in [3.05, 3.63) is 23.9 Å². The SMILES string of the molecule is NC(=O)c1ccnc(N2C[C@@H]3C4CCC(CC4)[C@@H]3C2)c1. The van der Waals surface area contributed by atoms with Crippen LogP contribution >= 0.6 is 0 Å². The van der Waals surface area contributed by atoms with Gasteiger partial charge in [-0.15, -0.1) is 0 Å². The molecule has 0 aromatic carbocycles. The molecule has 5 rings (SSSR count). The summed E-state index contributed by atoms with van der Waals surface area (Å²) in [6.45, 7) is 2.22. The molecule has 2 bridgehead atoms. The summed E-state index contributed by atoms with van der Waals surface area (Å²) in [5.74, 6) is 4.10. The van der Waals surface area contributed by atoms with Crippen LogP contribution in [0.2, 0.25) is 0 Å². The highest BCUT2D eigenvalue weighted by Gasteiger charge is 2.48. The van der Waals surface area contributed by atoms with Crippen molar-refractivity contribution in [3.63, 3.8) is 0 Å². The Morgan fingerprint density at radius 2 is 1.75 bits per heavy atom. The van der Waals surface area contributed by atoms with E-state index in [1.54, 1.807) is 12.3 Å². The zero-order valence-corrected chi connectivity index (χ0v) is 11.7. The maximum atomic E-state index is 11.3. The fraction of sp³-hybridized carbons (Fsp3) is 0.625. The van der Waals surface area contributed by atoms with E-state index in [0.717, 1.165) is 42.6 Å². The van der Waals surface area contributed by atoms with Crippen molar-refractivity contribution >= 4 is 11.7 Å². The largest absolute Gasteiger partial charge is 0.366 e. The van der Waals surface area contributed by atoms with Crippen molar-refractivity contribution in [2.75, 3.05) is 18.0 Å². The van der Waals surface area contributed by atoms with Crippen LogP contribution < -0.4 is 10.6 Å². The average molecular weight is 271 g/mol. The summed E-state index contributed by atoms with van der Waals surface area (Å²) in [5, 5.41) is 0. The number of carbonyl (C=O) groups excluding carboxylic acids is 1. The Kier molecular flexibility index (Phi) is 2.72. The molecule has 1 saturated heterocycles. The maximum Gasteiger partial charge on any atom is 0.248 e. The van der Waals surface area contributed by atoms with Crippen LogP contribution in [0, 0.1) is 23.7 Å². The molecular weight excluding hydrogens is 250 g/mol. The summed E-state index contributed by atoms with van der Waals surface area (Å²) in [5.41, 5.74) is 5.93. The molecule has 1 aromatic rings. The second kappa shape index (κ2) is 4.47. The van der Waals surface area contributed by atoms with Gasteiger partial charge in [0.1, 0.15) is 5.82 Å². The molecule has 4 fully saturated rings. The standard InChI is InChI=1S/C16H21N3O/c17-16(20)12-5-6-18-15(7-12)19-8-13-10-1-2-11(4-3-10)14(13)9-19/h5-7,10-11,13-14H,1-4,8-9H2,(H2,17,20)/t10?,11?,13-,14+. The third-order valence-corrected chi connectivity index (χ3v) is 5.79. The van der Waals surface area contributed by atoms with Gasteiger partial charge in [0.25, 0.3) is 0 Å². The van der Waals surface area contributed by atoms with Crippen LogP contribution in [0.25, 0.3) is 0 Å². The molecule has 20 heavy (non-hydrogen) atoms. The fourth-order valence-electron chi connectivity index (χ4n) is 4.78. The predicted molar refractivity (Wildman–Crippen MR) is 77.4 cm³/mol. The molecule has 2 atom stereocenters. The lowest BCUT2D eigenvalue weighted by molar-refractivity contribution is 0.0577. The Bertz CT molecular complexity index is 516. The number of nitrogens with two attached hydrogens (primary N) is 1. The van der Waals surface area contributed by atoms with Gasteiger partial charge in [-0.1, -0.05) is 0 Å². The summed E-state index contributed by atoms with van der Waals surface area (Å²) in [6.07, 6.45) is 7.40. The minimum atomic E-state index is -0.370. The first kappa shape index (κ1) is 12.2. The number of carbonyl (C=O) groups is 1. The van der Waals surface area contributed by atoms with Crippen LogP contribution in [0.4, 0.5) is 5.82 Å². The Hall–Kier alpha value is -1.58. The second-order valence-corrected chi connectivity index (χ2v) is 6.67. The van der Waals surface area contributed by atoms with Gasteiger partial charge in [0, 0.05) is 24.8 Å². The summed E-state index contributed by atoms with van der Waals surface area (Å²) < 4.78 is 0. The number of rotatable bonds is 2. The van der Waals surface area contributed by atoms with E-state index in [-0.39, 0.29) is 5.91 Å². The Morgan fingerprint density at radius 3 is 2.30 bits per heavy atom. The van der Waals surface area contributed by atoms with Crippen LogP contribution in [0.3, 0.4) is 0 Å². The van der Waals surface area contributed by atoms with E-state index in [0.29, 0.717) is 5.56 Å². The van der Waals surface area contributed by atoms with Crippen molar-refractivity contribution in [2.24, 2.45) is 29.4 Å². The molecule has 0 radical (unpaired) electrons. The highest BCUT2D eigenvalue weighted by Crippen LogP contribution is 2.52. The molecule has 1 aromatic heterocycles. The Labute approximate surface area is 119 Å². The van der Waals surface area contributed by atoms with Gasteiger partial charge in [-0.05, 0) is 61.5 Å². The number of primary amides is 1. The second-order valence-electron chi connectivity index (χ2n) is 6.67. The van der Waals surface area contributed by atoms with E-state index in [4.69, 9.17) is 5.73 Å². The zero-order valence-electron chi connectivity index (χ0n) is 11.7. The average Bonchev–Trinajstić information content (AvgIpc) is 2.96. The monoisotopic (exact) mass is 271 g/mol. The zero-order chi connectivity index (χ0) is 13.7. The lowest BCUT2D eigenvalue weighted by Crippen LogP contribution is -2.38. The number of hydrogen-bond acceptors (Lipinski definition) is 3. The maximum absolute atomic E-state index is 11.3. The van der Waals surface area contributed by atoms with Gasteiger partial charge < -0.3 is 10.6 Å². The lowest BCUT2D eigenvalue weighted by Gasteiger charge is -2.44. The van der Waals surface area contributed by atoms with Crippen LogP contribution in [0.5, 0.6) is 0 Å². The summed E-state index contributed by atoms with van der Waals surface area (Å²) >= 11 is 0.